The van der Waals surface area contributed by atoms with E-state index in [0.29, 0.717) is 45.0 Å². The standard InChI is InChI=1S/C40H32N6O8/c1-51-37(47)33-17-9-25(21-41-33)5-13-29-30(14-6-26-10-18-34(42-22-26)38(48)52-2)46-32(16-8-28-12-20-36(44-24-28)40(50)54-4)31(45-29)15-7-27-11-19-35(43-23-27)39(49)53-3/h5-24H,1-4H3/b13-5+,14-6+,15-7+,16-8+. The Hall–Kier alpha value is -7.48. The number of pyridine rings is 4. The monoisotopic (exact) mass is 724 g/mol. The van der Waals surface area contributed by atoms with E-state index in [9.17, 15) is 19.2 Å². The van der Waals surface area contributed by atoms with Gasteiger partial charge in [-0.1, -0.05) is 48.6 Å². The Labute approximate surface area is 309 Å². The smallest absolute Gasteiger partial charge is 0.356 e. The molecule has 0 amide bonds. The maximum absolute atomic E-state index is 11.9. The number of hydrogen-bond donors (Lipinski definition) is 0. The summed E-state index contributed by atoms with van der Waals surface area (Å²) in [6.07, 6.45) is 20.2. The molecule has 5 aromatic heterocycles. The van der Waals surface area contributed by atoms with Crippen LogP contribution in [0.4, 0.5) is 0 Å². The minimum Gasteiger partial charge on any atom is -0.464 e. The van der Waals surface area contributed by atoms with Gasteiger partial charge in [-0.3, -0.25) is 0 Å². The van der Waals surface area contributed by atoms with Crippen molar-refractivity contribution in [1.82, 2.24) is 29.9 Å². The molecule has 0 fully saturated rings. The van der Waals surface area contributed by atoms with E-state index in [1.165, 1.54) is 53.2 Å². The number of esters is 4. The lowest BCUT2D eigenvalue weighted by molar-refractivity contribution is 0.0585. The Kier molecular flexibility index (Phi) is 12.7. The van der Waals surface area contributed by atoms with E-state index >= 15 is 0 Å². The van der Waals surface area contributed by atoms with Crippen molar-refractivity contribution in [1.29, 1.82) is 0 Å². The third-order valence-corrected chi connectivity index (χ3v) is 7.46. The van der Waals surface area contributed by atoms with Gasteiger partial charge in [0.15, 0.2) is 0 Å². The van der Waals surface area contributed by atoms with Crippen LogP contribution < -0.4 is 0 Å². The zero-order chi connectivity index (χ0) is 38.5. The first-order chi connectivity index (χ1) is 26.2. The largest absolute Gasteiger partial charge is 0.464 e. The molecule has 0 saturated heterocycles. The van der Waals surface area contributed by atoms with E-state index < -0.39 is 23.9 Å². The average molecular weight is 725 g/mol. The number of hydrogen-bond acceptors (Lipinski definition) is 14. The highest BCUT2D eigenvalue weighted by atomic mass is 16.5. The Morgan fingerprint density at radius 2 is 0.593 bits per heavy atom. The predicted octanol–water partition coefficient (Wildman–Crippen LogP) is 5.88. The summed E-state index contributed by atoms with van der Waals surface area (Å²) in [6, 6.07) is 13.1. The molecule has 270 valence electrons. The Balaban J connectivity index is 1.59. The summed E-state index contributed by atoms with van der Waals surface area (Å²) in [5, 5.41) is 0. The molecular formula is C40H32N6O8. The number of ether oxygens (including phenoxy) is 4. The van der Waals surface area contributed by atoms with E-state index in [4.69, 9.17) is 28.9 Å². The maximum Gasteiger partial charge on any atom is 0.356 e. The van der Waals surface area contributed by atoms with Gasteiger partial charge in [0, 0.05) is 24.8 Å². The molecule has 0 aromatic carbocycles. The van der Waals surface area contributed by atoms with Gasteiger partial charge in [0.05, 0.1) is 51.2 Å². The molecule has 5 aromatic rings. The fourth-order valence-corrected chi connectivity index (χ4v) is 4.60. The van der Waals surface area contributed by atoms with Gasteiger partial charge < -0.3 is 18.9 Å². The van der Waals surface area contributed by atoms with Crippen molar-refractivity contribution >= 4 is 72.5 Å². The highest BCUT2D eigenvalue weighted by molar-refractivity contribution is 5.89. The average Bonchev–Trinajstić information content (AvgIpc) is 3.23. The molecule has 5 heterocycles. The molecule has 0 aliphatic carbocycles. The van der Waals surface area contributed by atoms with Gasteiger partial charge in [-0.05, 0) is 70.8 Å². The van der Waals surface area contributed by atoms with Crippen LogP contribution in [0.25, 0.3) is 48.6 Å². The van der Waals surface area contributed by atoms with Crippen LogP contribution in [0.5, 0.6) is 0 Å². The number of carbonyl (C=O) groups is 4. The van der Waals surface area contributed by atoms with Gasteiger partial charge in [-0.2, -0.15) is 0 Å². The van der Waals surface area contributed by atoms with Crippen LogP contribution >= 0.6 is 0 Å². The van der Waals surface area contributed by atoms with E-state index in [-0.39, 0.29) is 22.8 Å². The molecule has 0 aliphatic heterocycles. The molecule has 0 radical (unpaired) electrons. The summed E-state index contributed by atoms with van der Waals surface area (Å²) in [7, 11) is 5.13. The fraction of sp³-hybridized carbons (Fsp3) is 0.100. The minimum absolute atomic E-state index is 0.165. The predicted molar refractivity (Wildman–Crippen MR) is 200 cm³/mol. The Bertz CT molecular complexity index is 1940. The lowest BCUT2D eigenvalue weighted by Gasteiger charge is -2.08. The van der Waals surface area contributed by atoms with Crippen molar-refractivity contribution in [3.63, 3.8) is 0 Å². The van der Waals surface area contributed by atoms with Gasteiger partial charge >= 0.3 is 23.9 Å². The van der Waals surface area contributed by atoms with E-state index in [1.807, 2.05) is 0 Å². The van der Waals surface area contributed by atoms with Crippen molar-refractivity contribution in [2.75, 3.05) is 28.4 Å². The zero-order valence-electron chi connectivity index (χ0n) is 29.5. The highest BCUT2D eigenvalue weighted by Crippen LogP contribution is 2.21. The van der Waals surface area contributed by atoms with Crippen LogP contribution in [-0.4, -0.2) is 82.2 Å². The van der Waals surface area contributed by atoms with Crippen molar-refractivity contribution < 1.29 is 38.1 Å². The van der Waals surface area contributed by atoms with Crippen LogP contribution in [0.3, 0.4) is 0 Å². The SMILES string of the molecule is COC(=O)c1ccc(/C=C/c2nc(/C=C/c3ccc(C(=O)OC)nc3)c(/C=C/c3ccc(C(=O)OC)nc3)nc2/C=C/c2ccc(C(=O)OC)nc2)cn1. The Morgan fingerprint density at radius 1 is 0.370 bits per heavy atom. The van der Waals surface area contributed by atoms with Gasteiger partial charge in [0.1, 0.15) is 22.8 Å². The minimum atomic E-state index is -0.552. The second-order valence-electron chi connectivity index (χ2n) is 11.0. The van der Waals surface area contributed by atoms with Gasteiger partial charge in [-0.25, -0.2) is 49.1 Å². The Morgan fingerprint density at radius 3 is 0.759 bits per heavy atom. The summed E-state index contributed by atoms with van der Waals surface area (Å²) in [5.41, 5.74) is 5.29. The summed E-state index contributed by atoms with van der Waals surface area (Å²) in [6.45, 7) is 0. The molecule has 54 heavy (non-hydrogen) atoms. The van der Waals surface area contributed by atoms with Crippen molar-refractivity contribution in [2.24, 2.45) is 0 Å². The molecule has 0 saturated carbocycles. The number of methoxy groups -OCH3 is 4. The van der Waals surface area contributed by atoms with Crippen molar-refractivity contribution in [3.05, 3.63) is 141 Å². The maximum atomic E-state index is 11.9. The normalized spacial score (nSPS) is 11.3. The fourth-order valence-electron chi connectivity index (χ4n) is 4.60. The third kappa shape index (κ3) is 9.85. The van der Waals surface area contributed by atoms with Crippen LogP contribution in [0, 0.1) is 0 Å². The summed E-state index contributed by atoms with van der Waals surface area (Å²) < 4.78 is 19.0. The number of rotatable bonds is 12. The topological polar surface area (TPSA) is 183 Å². The van der Waals surface area contributed by atoms with E-state index in [0.717, 1.165) is 0 Å². The first-order valence-electron chi connectivity index (χ1n) is 16.0. The van der Waals surface area contributed by atoms with Gasteiger partial charge in [-0.15, -0.1) is 0 Å². The van der Waals surface area contributed by atoms with Crippen LogP contribution in [0.2, 0.25) is 0 Å². The van der Waals surface area contributed by atoms with Gasteiger partial charge in [0.25, 0.3) is 0 Å². The quantitative estimate of drug-likeness (QED) is 0.110. The lowest BCUT2D eigenvalue weighted by Crippen LogP contribution is -2.03. The molecule has 0 N–H and O–H groups in total. The van der Waals surface area contributed by atoms with E-state index in [1.54, 1.807) is 97.1 Å². The first kappa shape index (κ1) is 37.8. The lowest BCUT2D eigenvalue weighted by atomic mass is 10.1. The molecule has 14 heteroatoms. The molecule has 0 spiro atoms. The summed E-state index contributed by atoms with van der Waals surface area (Å²) >= 11 is 0. The molecule has 14 nitrogen and oxygen atoms in total. The third-order valence-electron chi connectivity index (χ3n) is 7.46. The molecule has 0 unspecified atom stereocenters. The number of carbonyl (C=O) groups excluding carboxylic acids is 4. The second-order valence-corrected chi connectivity index (χ2v) is 11.0. The van der Waals surface area contributed by atoms with Crippen LogP contribution in [0.1, 0.15) is 87.0 Å². The summed E-state index contributed by atoms with van der Waals surface area (Å²) in [5.74, 6) is -2.21. The van der Waals surface area contributed by atoms with Crippen LogP contribution in [-0.2, 0) is 18.9 Å². The van der Waals surface area contributed by atoms with Crippen molar-refractivity contribution in [2.45, 2.75) is 0 Å². The first-order valence-corrected chi connectivity index (χ1v) is 16.0. The van der Waals surface area contributed by atoms with Crippen LogP contribution in [0.15, 0.2) is 73.3 Å². The second kappa shape index (κ2) is 18.1. The van der Waals surface area contributed by atoms with Crippen molar-refractivity contribution in [3.8, 4) is 0 Å². The van der Waals surface area contributed by atoms with E-state index in [2.05, 4.69) is 19.9 Å². The molecule has 0 atom stereocenters. The molecule has 0 aliphatic rings. The van der Waals surface area contributed by atoms with Gasteiger partial charge in [0.2, 0.25) is 0 Å². The number of nitrogens with zero attached hydrogens (tertiary/aromatic N) is 6. The summed E-state index contributed by atoms with van der Waals surface area (Å²) in [4.78, 5) is 74.1. The molecule has 5 rings (SSSR count). The highest BCUT2D eigenvalue weighted by Gasteiger charge is 2.12. The zero-order valence-corrected chi connectivity index (χ0v) is 29.5. The molecule has 0 bridgehead atoms. The molecular weight excluding hydrogens is 692 g/mol. The number of aromatic nitrogens is 6.